The van der Waals surface area contributed by atoms with Crippen molar-refractivity contribution in [1.29, 1.82) is 0 Å². The highest BCUT2D eigenvalue weighted by molar-refractivity contribution is 7.80. The fraction of sp³-hybridized carbons (Fsp3) is 0.125. The number of amides is 1. The van der Waals surface area contributed by atoms with Crippen LogP contribution in [0.4, 0.5) is 11.4 Å². The highest BCUT2D eigenvalue weighted by Gasteiger charge is 2.18. The third kappa shape index (κ3) is 4.71. The first kappa shape index (κ1) is 17.8. The second-order valence-electron chi connectivity index (χ2n) is 5.03. The number of thiocarbonyl (C=S) groups is 1. The molecule has 1 aromatic heterocycles. The predicted octanol–water partition coefficient (Wildman–Crippen LogP) is 3.80. The van der Waals surface area contributed by atoms with E-state index in [9.17, 15) is 14.9 Å². The number of nitrogens with one attached hydrogen (secondary N) is 2. The normalized spacial score (nSPS) is 10.6. The van der Waals surface area contributed by atoms with Gasteiger partial charge in [0.05, 0.1) is 4.92 Å². The van der Waals surface area contributed by atoms with Crippen LogP contribution in [-0.4, -0.2) is 15.9 Å². The molecule has 124 valence electrons. The van der Waals surface area contributed by atoms with E-state index in [1.54, 1.807) is 26.0 Å². The van der Waals surface area contributed by atoms with E-state index in [1.165, 1.54) is 23.5 Å². The molecule has 0 bridgehead atoms. The number of nitrogens with zero attached hydrogens (tertiary/aromatic N) is 1. The highest BCUT2D eigenvalue weighted by atomic mass is 32.1. The minimum Gasteiger partial charge on any atom is -0.327 e. The monoisotopic (exact) mass is 361 g/mol. The number of rotatable bonds is 4. The minimum absolute atomic E-state index is 0.00545. The molecule has 0 spiro atoms. The first-order valence-electron chi connectivity index (χ1n) is 6.96. The van der Waals surface area contributed by atoms with Crippen LogP contribution in [-0.2, 0) is 4.79 Å². The van der Waals surface area contributed by atoms with E-state index in [0.717, 1.165) is 10.4 Å². The van der Waals surface area contributed by atoms with E-state index in [1.807, 2.05) is 17.5 Å². The van der Waals surface area contributed by atoms with Crippen molar-refractivity contribution < 1.29 is 9.72 Å². The molecule has 0 radical (unpaired) electrons. The van der Waals surface area contributed by atoms with E-state index in [-0.39, 0.29) is 16.5 Å². The summed E-state index contributed by atoms with van der Waals surface area (Å²) >= 11 is 6.57. The van der Waals surface area contributed by atoms with Crippen molar-refractivity contribution in [2.75, 3.05) is 5.32 Å². The summed E-state index contributed by atoms with van der Waals surface area (Å²) in [6, 6.07) is 7.02. The maximum Gasteiger partial charge on any atom is 0.293 e. The number of carbonyl (C=O) groups is 1. The van der Waals surface area contributed by atoms with Crippen LogP contribution < -0.4 is 10.6 Å². The van der Waals surface area contributed by atoms with E-state index < -0.39 is 10.8 Å². The van der Waals surface area contributed by atoms with Gasteiger partial charge in [0.25, 0.3) is 5.69 Å². The van der Waals surface area contributed by atoms with Gasteiger partial charge in [0.2, 0.25) is 5.91 Å². The molecule has 8 heteroatoms. The van der Waals surface area contributed by atoms with Crippen molar-refractivity contribution in [2.24, 2.45) is 0 Å². The summed E-state index contributed by atoms with van der Waals surface area (Å²) in [5, 5.41) is 18.3. The molecular weight excluding hydrogens is 346 g/mol. The standard InChI is InChI=1S/C16H15N3O3S2/c1-10-8-11(2)15(13(9-10)19(21)22)18-16(23)17-14(20)6-5-12-4-3-7-24-12/h3-9H,1-2H3,(H2,17,18,20,23). The van der Waals surface area contributed by atoms with Crippen LogP contribution in [0, 0.1) is 24.0 Å². The zero-order chi connectivity index (χ0) is 17.7. The van der Waals surface area contributed by atoms with Crippen LogP contribution in [0.25, 0.3) is 6.08 Å². The smallest absolute Gasteiger partial charge is 0.293 e. The Morgan fingerprint density at radius 3 is 2.75 bits per heavy atom. The van der Waals surface area contributed by atoms with Gasteiger partial charge in [-0.05, 0) is 54.7 Å². The molecule has 0 fully saturated rings. The Bertz CT molecular complexity index is 814. The SMILES string of the molecule is Cc1cc(C)c(NC(=S)NC(=O)C=Cc2cccs2)c([N+](=O)[O-])c1. The number of nitro benzene ring substituents is 1. The molecular formula is C16H15N3O3S2. The van der Waals surface area contributed by atoms with E-state index in [4.69, 9.17) is 12.2 Å². The van der Waals surface area contributed by atoms with Crippen LogP contribution in [0.2, 0.25) is 0 Å². The molecule has 2 aromatic rings. The number of nitro groups is 1. The van der Waals surface area contributed by atoms with Gasteiger partial charge in [-0.1, -0.05) is 12.1 Å². The summed E-state index contributed by atoms with van der Waals surface area (Å²) in [7, 11) is 0. The Hall–Kier alpha value is -2.58. The highest BCUT2D eigenvalue weighted by Crippen LogP contribution is 2.29. The summed E-state index contributed by atoms with van der Waals surface area (Å²) < 4.78 is 0. The van der Waals surface area contributed by atoms with Gasteiger partial charge in [-0.15, -0.1) is 11.3 Å². The molecule has 0 aliphatic heterocycles. The molecule has 6 nitrogen and oxygen atoms in total. The molecule has 0 unspecified atom stereocenters. The Kier molecular flexibility index (Phi) is 5.78. The summed E-state index contributed by atoms with van der Waals surface area (Å²) in [6.07, 6.45) is 3.03. The van der Waals surface area contributed by atoms with Crippen LogP contribution >= 0.6 is 23.6 Å². The van der Waals surface area contributed by atoms with E-state index >= 15 is 0 Å². The second-order valence-corrected chi connectivity index (χ2v) is 6.41. The maximum atomic E-state index is 11.8. The molecule has 24 heavy (non-hydrogen) atoms. The number of aryl methyl sites for hydroxylation is 2. The van der Waals surface area contributed by atoms with Crippen molar-refractivity contribution in [3.8, 4) is 0 Å². The van der Waals surface area contributed by atoms with Crippen molar-refractivity contribution in [1.82, 2.24) is 5.32 Å². The third-order valence-corrected chi connectivity index (χ3v) is 4.11. The molecule has 0 atom stereocenters. The zero-order valence-corrected chi connectivity index (χ0v) is 14.7. The van der Waals surface area contributed by atoms with E-state index in [0.29, 0.717) is 5.56 Å². The first-order valence-corrected chi connectivity index (χ1v) is 8.25. The lowest BCUT2D eigenvalue weighted by atomic mass is 10.1. The van der Waals surface area contributed by atoms with Gasteiger partial charge < -0.3 is 5.32 Å². The van der Waals surface area contributed by atoms with Gasteiger partial charge in [-0.2, -0.15) is 0 Å². The van der Waals surface area contributed by atoms with Crippen LogP contribution in [0.15, 0.2) is 35.7 Å². The molecule has 2 N–H and O–H groups in total. The molecule has 0 aliphatic rings. The lowest BCUT2D eigenvalue weighted by molar-refractivity contribution is -0.384. The Morgan fingerprint density at radius 1 is 1.38 bits per heavy atom. The third-order valence-electron chi connectivity index (χ3n) is 3.07. The number of anilines is 1. The van der Waals surface area contributed by atoms with Gasteiger partial charge in [-0.3, -0.25) is 20.2 Å². The minimum atomic E-state index is -0.483. The van der Waals surface area contributed by atoms with Crippen molar-refractivity contribution >= 4 is 52.0 Å². The Labute approximate surface area is 148 Å². The average Bonchev–Trinajstić information content (AvgIpc) is 3.00. The van der Waals surface area contributed by atoms with Crippen molar-refractivity contribution in [2.45, 2.75) is 13.8 Å². The lowest BCUT2D eigenvalue weighted by Crippen LogP contribution is -2.33. The maximum absolute atomic E-state index is 11.8. The summed E-state index contributed by atoms with van der Waals surface area (Å²) in [4.78, 5) is 23.5. The summed E-state index contributed by atoms with van der Waals surface area (Å²) in [5.74, 6) is -0.409. The van der Waals surface area contributed by atoms with Crippen LogP contribution in [0.1, 0.15) is 16.0 Å². The number of hydrogen-bond acceptors (Lipinski definition) is 5. The number of benzene rings is 1. The lowest BCUT2D eigenvalue weighted by Gasteiger charge is -2.12. The van der Waals surface area contributed by atoms with Crippen molar-refractivity contribution in [3.63, 3.8) is 0 Å². The molecule has 2 rings (SSSR count). The molecule has 1 amide bonds. The quantitative estimate of drug-likeness (QED) is 0.374. The van der Waals surface area contributed by atoms with Gasteiger partial charge in [-0.25, -0.2) is 0 Å². The summed E-state index contributed by atoms with van der Waals surface area (Å²) in [5.41, 5.74) is 1.64. The largest absolute Gasteiger partial charge is 0.327 e. The van der Waals surface area contributed by atoms with E-state index in [2.05, 4.69) is 10.6 Å². The average molecular weight is 361 g/mol. The van der Waals surface area contributed by atoms with Gasteiger partial charge >= 0.3 is 0 Å². The van der Waals surface area contributed by atoms with Crippen LogP contribution in [0.3, 0.4) is 0 Å². The first-order chi connectivity index (χ1) is 11.4. The van der Waals surface area contributed by atoms with Crippen molar-refractivity contribution in [3.05, 3.63) is 61.8 Å². The second kappa shape index (κ2) is 7.80. The molecule has 1 heterocycles. The number of hydrogen-bond donors (Lipinski definition) is 2. The molecule has 0 saturated heterocycles. The number of carbonyl (C=O) groups excluding carboxylic acids is 1. The summed E-state index contributed by atoms with van der Waals surface area (Å²) in [6.45, 7) is 3.52. The van der Waals surface area contributed by atoms with Gasteiger partial charge in [0, 0.05) is 17.0 Å². The Morgan fingerprint density at radius 2 is 2.12 bits per heavy atom. The molecule has 0 saturated carbocycles. The number of thiophene rings is 1. The van der Waals surface area contributed by atoms with Gasteiger partial charge in [0.1, 0.15) is 5.69 Å². The fourth-order valence-corrected chi connectivity index (χ4v) is 2.91. The predicted molar refractivity (Wildman–Crippen MR) is 100 cm³/mol. The Balaban J connectivity index is 2.07. The topological polar surface area (TPSA) is 84.3 Å². The zero-order valence-electron chi connectivity index (χ0n) is 13.0. The van der Waals surface area contributed by atoms with Crippen LogP contribution in [0.5, 0.6) is 0 Å². The molecule has 0 aliphatic carbocycles. The van der Waals surface area contributed by atoms with Gasteiger partial charge in [0.15, 0.2) is 5.11 Å². The fourth-order valence-electron chi connectivity index (χ4n) is 2.09. The molecule has 1 aromatic carbocycles.